The molecule has 0 atom stereocenters. The van der Waals surface area contributed by atoms with Gasteiger partial charge in [-0.15, -0.1) is 0 Å². The van der Waals surface area contributed by atoms with E-state index >= 15 is 0 Å². The van der Waals surface area contributed by atoms with Gasteiger partial charge in [0, 0.05) is 33.2 Å². The third kappa shape index (κ3) is 1.83. The summed E-state index contributed by atoms with van der Waals surface area (Å²) in [5.74, 6) is 0. The number of hydrogen-bond donors (Lipinski definition) is 0. The highest BCUT2D eigenvalue weighted by molar-refractivity contribution is 5.76. The van der Waals surface area contributed by atoms with Crippen molar-refractivity contribution in [2.75, 3.05) is 33.2 Å². The van der Waals surface area contributed by atoms with Crippen LogP contribution in [-0.4, -0.2) is 49.1 Å². The summed E-state index contributed by atoms with van der Waals surface area (Å²) in [6.07, 6.45) is 0.791. The van der Waals surface area contributed by atoms with Crippen LogP contribution in [0.3, 0.4) is 0 Å². The highest BCUT2D eigenvalue weighted by Crippen LogP contribution is 2.05. The first-order valence-corrected chi connectivity index (χ1v) is 3.90. The van der Waals surface area contributed by atoms with Gasteiger partial charge in [-0.05, 0) is 6.42 Å². The van der Waals surface area contributed by atoms with Crippen LogP contribution in [0.4, 0.5) is 4.79 Å². The van der Waals surface area contributed by atoms with E-state index in [9.17, 15) is 4.79 Å². The Bertz CT molecular complexity index is 149. The minimum absolute atomic E-state index is 0.110. The van der Waals surface area contributed by atoms with E-state index in [1.165, 1.54) is 0 Å². The molecule has 4 heteroatoms. The van der Waals surface area contributed by atoms with Gasteiger partial charge in [-0.25, -0.2) is 4.79 Å². The monoisotopic (exact) mass is 156 g/mol. The molecule has 1 aliphatic rings. The van der Waals surface area contributed by atoms with Crippen molar-refractivity contribution in [1.29, 1.82) is 0 Å². The molecular weight excluding hydrogens is 142 g/mol. The number of carbonyl (C=O) groups is 1. The van der Waals surface area contributed by atoms with Gasteiger partial charge >= 0.3 is 6.03 Å². The van der Waals surface area contributed by atoms with Gasteiger partial charge in [0.2, 0.25) is 0 Å². The summed E-state index contributed by atoms with van der Waals surface area (Å²) in [6.45, 7) is 2.81. The van der Waals surface area contributed by atoms with Gasteiger partial charge in [0.15, 0.2) is 0 Å². The molecule has 1 N–H and O–H groups in total. The molecule has 0 aromatic carbocycles. The standard InChI is InChI=1S/C7H14N3O/c1-9-5-6-10(7(9)11)4-2-3-8/h8H,2-6H2,1H3. The van der Waals surface area contributed by atoms with Crippen molar-refractivity contribution < 1.29 is 4.79 Å². The predicted octanol–water partition coefficient (Wildman–Crippen LogP) is 0.0268. The second kappa shape index (κ2) is 3.57. The normalized spacial score (nSPS) is 18.2. The van der Waals surface area contributed by atoms with Crippen molar-refractivity contribution in [3.8, 4) is 0 Å². The zero-order chi connectivity index (χ0) is 8.27. The fraction of sp³-hybridized carbons (Fsp3) is 0.857. The summed E-state index contributed by atoms with van der Waals surface area (Å²) in [7, 11) is 1.81. The molecular formula is C7H14N3O. The number of nitrogens with one attached hydrogen (secondary N) is 1. The molecule has 0 aliphatic carbocycles. The van der Waals surface area contributed by atoms with E-state index in [1.807, 2.05) is 7.05 Å². The third-order valence-electron chi connectivity index (χ3n) is 1.91. The van der Waals surface area contributed by atoms with Crippen molar-refractivity contribution in [3.05, 3.63) is 0 Å². The minimum atomic E-state index is 0.110. The Labute approximate surface area is 66.9 Å². The van der Waals surface area contributed by atoms with Crippen molar-refractivity contribution in [2.45, 2.75) is 6.42 Å². The lowest BCUT2D eigenvalue weighted by Crippen LogP contribution is -2.30. The Kier molecular flexibility index (Phi) is 2.70. The van der Waals surface area contributed by atoms with E-state index in [4.69, 9.17) is 5.73 Å². The van der Waals surface area contributed by atoms with Gasteiger partial charge in [-0.2, -0.15) is 0 Å². The molecule has 1 fully saturated rings. The number of amides is 2. The molecule has 0 spiro atoms. The smallest absolute Gasteiger partial charge is 0.319 e. The summed E-state index contributed by atoms with van der Waals surface area (Å²) >= 11 is 0. The lowest BCUT2D eigenvalue weighted by molar-refractivity contribution is 0.198. The quantitative estimate of drug-likeness (QED) is 0.568. The van der Waals surface area contributed by atoms with E-state index in [0.29, 0.717) is 6.54 Å². The number of nitrogens with zero attached hydrogens (tertiary/aromatic N) is 2. The van der Waals surface area contributed by atoms with E-state index in [0.717, 1.165) is 26.1 Å². The second-order valence-electron chi connectivity index (χ2n) is 2.79. The number of hydrogen-bond acceptors (Lipinski definition) is 1. The van der Waals surface area contributed by atoms with Crippen LogP contribution in [0, 0.1) is 0 Å². The molecule has 11 heavy (non-hydrogen) atoms. The molecule has 0 unspecified atom stereocenters. The summed E-state index contributed by atoms with van der Waals surface area (Å²) in [5, 5.41) is 0. The first kappa shape index (κ1) is 8.33. The van der Waals surface area contributed by atoms with E-state index < -0.39 is 0 Å². The summed E-state index contributed by atoms with van der Waals surface area (Å²) in [6, 6.07) is 0.110. The van der Waals surface area contributed by atoms with Crippen molar-refractivity contribution in [1.82, 2.24) is 15.5 Å². The predicted molar refractivity (Wildman–Crippen MR) is 42.2 cm³/mol. The average molecular weight is 156 g/mol. The minimum Gasteiger partial charge on any atom is -0.326 e. The molecule has 63 valence electrons. The van der Waals surface area contributed by atoms with Gasteiger partial charge in [-0.1, -0.05) is 0 Å². The lowest BCUT2D eigenvalue weighted by atomic mass is 10.4. The molecule has 1 heterocycles. The highest BCUT2D eigenvalue weighted by Gasteiger charge is 2.23. The van der Waals surface area contributed by atoms with E-state index in [2.05, 4.69) is 0 Å². The Balaban J connectivity index is 2.30. The van der Waals surface area contributed by atoms with Crippen LogP contribution in [0.25, 0.3) is 0 Å². The van der Waals surface area contributed by atoms with Crippen LogP contribution in [0.1, 0.15) is 6.42 Å². The van der Waals surface area contributed by atoms with Crippen LogP contribution in [0.2, 0.25) is 0 Å². The first-order chi connectivity index (χ1) is 5.25. The van der Waals surface area contributed by atoms with Gasteiger partial charge < -0.3 is 9.80 Å². The number of urea groups is 1. The zero-order valence-electron chi connectivity index (χ0n) is 6.84. The van der Waals surface area contributed by atoms with Crippen LogP contribution < -0.4 is 5.73 Å². The average Bonchev–Trinajstić information content (AvgIpc) is 2.31. The van der Waals surface area contributed by atoms with E-state index in [1.54, 1.807) is 9.80 Å². The third-order valence-corrected chi connectivity index (χ3v) is 1.91. The van der Waals surface area contributed by atoms with Crippen LogP contribution in [0.15, 0.2) is 0 Å². The largest absolute Gasteiger partial charge is 0.326 e. The molecule has 4 nitrogen and oxygen atoms in total. The highest BCUT2D eigenvalue weighted by atomic mass is 16.2. The molecule has 0 aromatic rings. The maximum absolute atomic E-state index is 11.2. The van der Waals surface area contributed by atoms with Crippen molar-refractivity contribution in [3.63, 3.8) is 0 Å². The Morgan fingerprint density at radius 1 is 1.55 bits per heavy atom. The molecule has 1 radical (unpaired) electrons. The number of carbonyl (C=O) groups excluding carboxylic acids is 1. The maximum atomic E-state index is 11.2. The summed E-state index contributed by atoms with van der Waals surface area (Å²) < 4.78 is 0. The molecule has 0 saturated carbocycles. The van der Waals surface area contributed by atoms with Gasteiger partial charge in [0.25, 0.3) is 0 Å². The lowest BCUT2D eigenvalue weighted by Gasteiger charge is -2.14. The second-order valence-corrected chi connectivity index (χ2v) is 2.79. The van der Waals surface area contributed by atoms with Crippen LogP contribution in [-0.2, 0) is 0 Å². The first-order valence-electron chi connectivity index (χ1n) is 3.90. The molecule has 1 saturated heterocycles. The zero-order valence-corrected chi connectivity index (χ0v) is 6.84. The van der Waals surface area contributed by atoms with Gasteiger partial charge in [-0.3, -0.25) is 5.73 Å². The molecule has 0 bridgehead atoms. The molecule has 2 amide bonds. The molecule has 0 aromatic heterocycles. The van der Waals surface area contributed by atoms with E-state index in [-0.39, 0.29) is 6.03 Å². The number of rotatable bonds is 3. The number of likely N-dealkylation sites (N-methyl/N-ethyl adjacent to an activating group) is 1. The topological polar surface area (TPSA) is 47.4 Å². The SMILES string of the molecule is CN1CCN(CCC[NH])C1=O. The van der Waals surface area contributed by atoms with Crippen LogP contribution in [0.5, 0.6) is 0 Å². The van der Waals surface area contributed by atoms with Crippen molar-refractivity contribution >= 4 is 6.03 Å². The Hall–Kier alpha value is -0.770. The molecule has 1 rings (SSSR count). The van der Waals surface area contributed by atoms with Crippen molar-refractivity contribution in [2.24, 2.45) is 0 Å². The van der Waals surface area contributed by atoms with Gasteiger partial charge in [0.05, 0.1) is 0 Å². The Morgan fingerprint density at radius 3 is 2.73 bits per heavy atom. The van der Waals surface area contributed by atoms with Gasteiger partial charge in [0.1, 0.15) is 0 Å². The van der Waals surface area contributed by atoms with Crippen LogP contribution >= 0.6 is 0 Å². The Morgan fingerprint density at radius 2 is 2.27 bits per heavy atom. The maximum Gasteiger partial charge on any atom is 0.319 e. The molecule has 1 aliphatic heterocycles. The summed E-state index contributed by atoms with van der Waals surface area (Å²) in [5.41, 5.74) is 6.93. The fourth-order valence-electron chi connectivity index (χ4n) is 1.18. The summed E-state index contributed by atoms with van der Waals surface area (Å²) in [4.78, 5) is 14.7. The fourth-order valence-corrected chi connectivity index (χ4v) is 1.18.